The average molecular weight is 552 g/mol. The van der Waals surface area contributed by atoms with Crippen molar-refractivity contribution in [2.75, 3.05) is 6.54 Å². The summed E-state index contributed by atoms with van der Waals surface area (Å²) in [4.78, 5) is 39.8. The molecule has 1 atom stereocenters. The lowest BCUT2D eigenvalue weighted by Gasteiger charge is -2.32. The summed E-state index contributed by atoms with van der Waals surface area (Å²) < 4.78 is 0.856. The van der Waals surface area contributed by atoms with Crippen LogP contribution in [0.1, 0.15) is 30.5 Å². The van der Waals surface area contributed by atoms with Gasteiger partial charge in [-0.15, -0.1) is 0 Å². The number of para-hydroxylation sites is 1. The van der Waals surface area contributed by atoms with Crippen LogP contribution in [0, 0.1) is 16.0 Å². The Kier molecular flexibility index (Phi) is 9.76. The van der Waals surface area contributed by atoms with Crippen LogP contribution in [0.25, 0.3) is 0 Å². The Labute approximate surface area is 219 Å². The van der Waals surface area contributed by atoms with E-state index in [4.69, 9.17) is 0 Å². The third-order valence-corrected chi connectivity index (χ3v) is 6.22. The van der Waals surface area contributed by atoms with Gasteiger partial charge in [0.1, 0.15) is 6.04 Å². The van der Waals surface area contributed by atoms with Gasteiger partial charge in [-0.3, -0.25) is 19.7 Å². The molecule has 36 heavy (non-hydrogen) atoms. The summed E-state index contributed by atoms with van der Waals surface area (Å²) in [5, 5.41) is 14.5. The maximum atomic E-state index is 13.8. The Balaban J connectivity index is 2.00. The van der Waals surface area contributed by atoms with Crippen molar-refractivity contribution in [2.45, 2.75) is 39.3 Å². The van der Waals surface area contributed by atoms with Gasteiger partial charge in [-0.25, -0.2) is 0 Å². The first kappa shape index (κ1) is 27.1. The first-order chi connectivity index (χ1) is 17.2. The van der Waals surface area contributed by atoms with E-state index in [0.29, 0.717) is 18.5 Å². The summed E-state index contributed by atoms with van der Waals surface area (Å²) in [7, 11) is 0. The molecule has 0 unspecified atom stereocenters. The maximum absolute atomic E-state index is 13.8. The molecule has 8 heteroatoms. The molecule has 0 aliphatic carbocycles. The fourth-order valence-corrected chi connectivity index (χ4v) is 4.36. The number of amides is 2. The monoisotopic (exact) mass is 551 g/mol. The molecule has 3 aromatic rings. The van der Waals surface area contributed by atoms with Gasteiger partial charge in [0, 0.05) is 35.6 Å². The van der Waals surface area contributed by atoms with Crippen molar-refractivity contribution in [3.8, 4) is 0 Å². The minimum atomic E-state index is -0.791. The Morgan fingerprint density at radius 2 is 1.64 bits per heavy atom. The van der Waals surface area contributed by atoms with Gasteiger partial charge in [0.25, 0.3) is 5.69 Å². The van der Waals surface area contributed by atoms with E-state index in [2.05, 4.69) is 21.2 Å². The van der Waals surface area contributed by atoms with Crippen LogP contribution >= 0.6 is 15.9 Å². The molecule has 2 amide bonds. The number of benzene rings is 3. The van der Waals surface area contributed by atoms with E-state index >= 15 is 0 Å². The molecule has 0 fully saturated rings. The van der Waals surface area contributed by atoms with Crippen molar-refractivity contribution in [2.24, 2.45) is 5.92 Å². The van der Waals surface area contributed by atoms with E-state index < -0.39 is 11.0 Å². The number of halogens is 1. The normalized spacial score (nSPS) is 11.7. The smallest absolute Gasteiger partial charge is 0.273 e. The molecule has 3 aromatic carbocycles. The molecule has 0 aliphatic heterocycles. The van der Waals surface area contributed by atoms with E-state index in [-0.39, 0.29) is 36.4 Å². The van der Waals surface area contributed by atoms with Crippen LogP contribution in [0.2, 0.25) is 0 Å². The number of nitro benzene ring substituents is 1. The largest absolute Gasteiger partial charge is 0.354 e. The number of nitrogens with zero attached hydrogens (tertiary/aromatic N) is 2. The van der Waals surface area contributed by atoms with Crippen molar-refractivity contribution in [1.29, 1.82) is 0 Å². The Morgan fingerprint density at radius 1 is 0.972 bits per heavy atom. The van der Waals surface area contributed by atoms with Crippen molar-refractivity contribution in [3.63, 3.8) is 0 Å². The lowest BCUT2D eigenvalue weighted by atomic mass is 10.0. The molecule has 0 heterocycles. The maximum Gasteiger partial charge on any atom is 0.273 e. The zero-order valence-corrected chi connectivity index (χ0v) is 22.0. The van der Waals surface area contributed by atoms with Gasteiger partial charge in [-0.1, -0.05) is 90.4 Å². The zero-order valence-electron chi connectivity index (χ0n) is 20.4. The van der Waals surface area contributed by atoms with Gasteiger partial charge in [0.2, 0.25) is 11.8 Å². The summed E-state index contributed by atoms with van der Waals surface area (Å²) in [6.45, 7) is 4.68. The van der Waals surface area contributed by atoms with Crippen molar-refractivity contribution in [3.05, 3.63) is 110 Å². The molecular formula is C28H30BrN3O4. The van der Waals surface area contributed by atoms with E-state index in [1.807, 2.05) is 68.4 Å². The quantitative estimate of drug-likeness (QED) is 0.258. The molecule has 1 N–H and O–H groups in total. The number of nitro groups is 1. The fraction of sp³-hybridized carbons (Fsp3) is 0.286. The van der Waals surface area contributed by atoms with Gasteiger partial charge in [-0.05, 0) is 29.2 Å². The molecule has 0 radical (unpaired) electrons. The molecule has 0 spiro atoms. The van der Waals surface area contributed by atoms with E-state index in [9.17, 15) is 19.7 Å². The highest BCUT2D eigenvalue weighted by molar-refractivity contribution is 9.10. The number of carbonyl (C=O) groups is 2. The highest BCUT2D eigenvalue weighted by atomic mass is 79.9. The van der Waals surface area contributed by atoms with Crippen LogP contribution in [0.3, 0.4) is 0 Å². The lowest BCUT2D eigenvalue weighted by molar-refractivity contribution is -0.385. The predicted molar refractivity (Wildman–Crippen MR) is 143 cm³/mol. The third kappa shape index (κ3) is 7.75. The molecule has 7 nitrogen and oxygen atoms in total. The predicted octanol–water partition coefficient (Wildman–Crippen LogP) is 5.31. The molecule has 0 saturated heterocycles. The second-order valence-corrected chi connectivity index (χ2v) is 9.97. The van der Waals surface area contributed by atoms with Crippen molar-refractivity contribution in [1.82, 2.24) is 10.2 Å². The first-order valence-corrected chi connectivity index (χ1v) is 12.6. The molecule has 0 aliphatic rings. The van der Waals surface area contributed by atoms with Gasteiger partial charge in [-0.2, -0.15) is 0 Å². The summed E-state index contributed by atoms with van der Waals surface area (Å²) in [5.74, 6) is -0.365. The Hall–Kier alpha value is -3.52. The number of nitrogens with one attached hydrogen (secondary N) is 1. The number of rotatable bonds is 11. The first-order valence-electron chi connectivity index (χ1n) is 11.8. The Bertz CT molecular complexity index is 1200. The van der Waals surface area contributed by atoms with Crippen LogP contribution in [0.4, 0.5) is 5.69 Å². The SMILES string of the molecule is CC(C)CNC(=O)[C@H](Cc1ccccc1)N(Cc1cccc(Br)c1)C(=O)Cc1ccccc1[N+](=O)[O-]. The number of hydrogen-bond acceptors (Lipinski definition) is 4. The second-order valence-electron chi connectivity index (χ2n) is 9.06. The summed E-state index contributed by atoms with van der Waals surface area (Å²) in [6, 6.07) is 22.5. The zero-order chi connectivity index (χ0) is 26.1. The Morgan fingerprint density at radius 3 is 2.31 bits per heavy atom. The second kappa shape index (κ2) is 13.0. The van der Waals surface area contributed by atoms with Gasteiger partial charge >= 0.3 is 0 Å². The topological polar surface area (TPSA) is 92.6 Å². The van der Waals surface area contributed by atoms with Crippen molar-refractivity contribution >= 4 is 33.4 Å². The summed E-state index contributed by atoms with van der Waals surface area (Å²) >= 11 is 3.47. The van der Waals surface area contributed by atoms with Crippen LogP contribution in [0.5, 0.6) is 0 Å². The van der Waals surface area contributed by atoms with Crippen LogP contribution < -0.4 is 5.32 Å². The molecule has 0 aromatic heterocycles. The number of hydrogen-bond donors (Lipinski definition) is 1. The van der Waals surface area contributed by atoms with Gasteiger partial charge in [0.15, 0.2) is 0 Å². The standard InChI is InChI=1S/C28H30BrN3O4/c1-20(2)18-30-28(34)26(16-21-9-4-3-5-10-21)31(19-22-11-8-13-24(29)15-22)27(33)17-23-12-6-7-14-25(23)32(35)36/h3-15,20,26H,16-19H2,1-2H3,(H,30,34)/t26-/m0/s1. The van der Waals surface area contributed by atoms with E-state index in [0.717, 1.165) is 15.6 Å². The van der Waals surface area contributed by atoms with Gasteiger partial charge < -0.3 is 10.2 Å². The van der Waals surface area contributed by atoms with Crippen molar-refractivity contribution < 1.29 is 14.5 Å². The van der Waals surface area contributed by atoms with E-state index in [1.54, 1.807) is 23.1 Å². The highest BCUT2D eigenvalue weighted by Gasteiger charge is 2.31. The van der Waals surface area contributed by atoms with Gasteiger partial charge in [0.05, 0.1) is 11.3 Å². The third-order valence-electron chi connectivity index (χ3n) is 5.73. The van der Waals surface area contributed by atoms with E-state index in [1.165, 1.54) is 6.07 Å². The van der Waals surface area contributed by atoms with Crippen LogP contribution in [0.15, 0.2) is 83.3 Å². The molecule has 0 saturated carbocycles. The fourth-order valence-electron chi connectivity index (χ4n) is 3.91. The molecule has 188 valence electrons. The van der Waals surface area contributed by atoms with Crippen LogP contribution in [-0.2, 0) is 29.0 Å². The summed E-state index contributed by atoms with van der Waals surface area (Å²) in [5.41, 5.74) is 1.96. The molecule has 3 rings (SSSR count). The van der Waals surface area contributed by atoms with Crippen LogP contribution in [-0.4, -0.2) is 34.2 Å². The molecule has 0 bridgehead atoms. The average Bonchev–Trinajstić information content (AvgIpc) is 2.85. The minimum Gasteiger partial charge on any atom is -0.354 e. The lowest BCUT2D eigenvalue weighted by Crippen LogP contribution is -2.51. The molecular weight excluding hydrogens is 522 g/mol. The highest BCUT2D eigenvalue weighted by Crippen LogP contribution is 2.22. The summed E-state index contributed by atoms with van der Waals surface area (Å²) in [6.07, 6.45) is 0.134. The number of carbonyl (C=O) groups excluding carboxylic acids is 2. The minimum absolute atomic E-state index is 0.114.